The van der Waals surface area contributed by atoms with Gasteiger partial charge in [0.15, 0.2) is 5.82 Å². The van der Waals surface area contributed by atoms with Crippen molar-refractivity contribution in [2.45, 2.75) is 13.8 Å². The average molecular weight is 422 g/mol. The van der Waals surface area contributed by atoms with E-state index in [1.807, 2.05) is 79.0 Å². The zero-order valence-electron chi connectivity index (χ0n) is 16.9. The molecule has 4 aromatic rings. The fourth-order valence-electron chi connectivity index (χ4n) is 3.27. The van der Waals surface area contributed by atoms with Crippen LogP contribution in [-0.2, 0) is 0 Å². The Morgan fingerprint density at radius 1 is 1.03 bits per heavy atom. The first-order valence-corrected chi connectivity index (χ1v) is 11.2. The number of tetrazole rings is 1. The molecule has 0 aliphatic carbocycles. The predicted molar refractivity (Wildman–Crippen MR) is 120 cm³/mol. The van der Waals surface area contributed by atoms with Crippen LogP contribution in [-0.4, -0.2) is 60.4 Å². The van der Waals surface area contributed by atoms with Crippen LogP contribution in [0.1, 0.15) is 24.2 Å². The van der Waals surface area contributed by atoms with Crippen LogP contribution < -0.4 is 5.32 Å². The summed E-state index contributed by atoms with van der Waals surface area (Å²) in [5, 5.41) is 15.2. The maximum absolute atomic E-state index is 12.6. The number of rotatable bonds is 3. The molecule has 9 heteroatoms. The maximum atomic E-state index is 12.6. The molecule has 2 aromatic carbocycles. The summed E-state index contributed by atoms with van der Waals surface area (Å²) in [6, 6.07) is 15.1. The smallest absolute Gasteiger partial charge is 0.253 e. The number of amides is 1. The van der Waals surface area contributed by atoms with E-state index in [2.05, 4.69) is 25.8 Å². The molecule has 1 fully saturated rings. The first-order valence-electron chi connectivity index (χ1n) is 10.0. The topological polar surface area (TPSA) is 88.3 Å². The standard InChI is InChI=1S/C19H17N7OS.C2H6/c27-19(25-9-11-28-12-10-25)13-5-7-14(8-6-13)20-17-18-22-23-24-26(18)16-4-2-1-3-15(16)21-17;1-2/h1-8H,9-12H2,(H,20,21);1-2H3. The third-order valence-electron chi connectivity index (χ3n) is 4.72. The average Bonchev–Trinajstić information content (AvgIpc) is 3.32. The molecule has 0 unspecified atom stereocenters. The Balaban J connectivity index is 0.00000106. The Morgan fingerprint density at radius 3 is 2.53 bits per heavy atom. The van der Waals surface area contributed by atoms with Gasteiger partial charge in [0.25, 0.3) is 5.91 Å². The number of nitrogens with zero attached hydrogens (tertiary/aromatic N) is 6. The number of hydrogen-bond acceptors (Lipinski definition) is 7. The van der Waals surface area contributed by atoms with Crippen molar-refractivity contribution in [2.75, 3.05) is 29.9 Å². The first-order chi connectivity index (χ1) is 14.8. The van der Waals surface area contributed by atoms with Gasteiger partial charge in [0.05, 0.1) is 11.0 Å². The molecular formula is C21H23N7OS. The molecule has 1 aliphatic rings. The van der Waals surface area contributed by atoms with E-state index in [1.165, 1.54) is 0 Å². The second-order valence-electron chi connectivity index (χ2n) is 6.47. The molecule has 2 aromatic heterocycles. The fourth-order valence-corrected chi connectivity index (χ4v) is 4.17. The van der Waals surface area contributed by atoms with Crippen molar-refractivity contribution in [1.29, 1.82) is 0 Å². The molecule has 154 valence electrons. The SMILES string of the molecule is CC.O=C(c1ccc(Nc2nc3ccccc3n3nnnc23)cc1)N1CCSCC1. The highest BCUT2D eigenvalue weighted by Crippen LogP contribution is 2.23. The molecule has 3 heterocycles. The second kappa shape index (κ2) is 9.08. The maximum Gasteiger partial charge on any atom is 0.253 e. The molecule has 0 spiro atoms. The quantitative estimate of drug-likeness (QED) is 0.540. The lowest BCUT2D eigenvalue weighted by atomic mass is 10.1. The molecule has 0 atom stereocenters. The minimum absolute atomic E-state index is 0.0831. The number of fused-ring (bicyclic) bond motifs is 3. The van der Waals surface area contributed by atoms with E-state index in [0.717, 1.165) is 41.3 Å². The number of carbonyl (C=O) groups excluding carboxylic acids is 1. The predicted octanol–water partition coefficient (Wildman–Crippen LogP) is 3.63. The van der Waals surface area contributed by atoms with Gasteiger partial charge in [-0.15, -0.1) is 5.10 Å². The van der Waals surface area contributed by atoms with Crippen LogP contribution >= 0.6 is 11.8 Å². The van der Waals surface area contributed by atoms with Gasteiger partial charge in [-0.2, -0.15) is 16.3 Å². The van der Waals surface area contributed by atoms with Crippen LogP contribution in [0, 0.1) is 0 Å². The van der Waals surface area contributed by atoms with Gasteiger partial charge in [0, 0.05) is 35.8 Å². The zero-order chi connectivity index (χ0) is 20.9. The molecule has 1 N–H and O–H groups in total. The van der Waals surface area contributed by atoms with Gasteiger partial charge in [-0.3, -0.25) is 4.79 Å². The van der Waals surface area contributed by atoms with E-state index in [9.17, 15) is 4.79 Å². The lowest BCUT2D eigenvalue weighted by Crippen LogP contribution is -2.37. The van der Waals surface area contributed by atoms with Gasteiger partial charge >= 0.3 is 0 Å². The number of carbonyl (C=O) groups is 1. The van der Waals surface area contributed by atoms with Gasteiger partial charge in [-0.05, 0) is 46.8 Å². The van der Waals surface area contributed by atoms with Crippen molar-refractivity contribution in [2.24, 2.45) is 0 Å². The van der Waals surface area contributed by atoms with E-state index in [4.69, 9.17) is 0 Å². The molecule has 1 amide bonds. The minimum Gasteiger partial charge on any atom is -0.337 e. The Morgan fingerprint density at radius 2 is 1.77 bits per heavy atom. The summed E-state index contributed by atoms with van der Waals surface area (Å²) < 4.78 is 1.66. The fraction of sp³-hybridized carbons (Fsp3) is 0.286. The lowest BCUT2D eigenvalue weighted by molar-refractivity contribution is 0.0772. The molecule has 30 heavy (non-hydrogen) atoms. The third kappa shape index (κ3) is 3.93. The largest absolute Gasteiger partial charge is 0.337 e. The highest BCUT2D eigenvalue weighted by Gasteiger charge is 2.18. The van der Waals surface area contributed by atoms with E-state index in [0.29, 0.717) is 17.0 Å². The van der Waals surface area contributed by atoms with E-state index >= 15 is 0 Å². The zero-order valence-corrected chi connectivity index (χ0v) is 17.8. The summed E-state index contributed by atoms with van der Waals surface area (Å²) in [5.41, 5.74) is 3.69. The molecule has 1 saturated heterocycles. The molecular weight excluding hydrogens is 398 g/mol. The number of hydrogen-bond donors (Lipinski definition) is 1. The van der Waals surface area contributed by atoms with Crippen LogP contribution in [0.3, 0.4) is 0 Å². The summed E-state index contributed by atoms with van der Waals surface area (Å²) in [6.07, 6.45) is 0. The Hall–Kier alpha value is -3.20. The van der Waals surface area contributed by atoms with Gasteiger partial charge in [-0.25, -0.2) is 4.98 Å². The summed E-state index contributed by atoms with van der Waals surface area (Å²) in [6.45, 7) is 5.62. The molecule has 8 nitrogen and oxygen atoms in total. The van der Waals surface area contributed by atoms with Crippen molar-refractivity contribution in [3.05, 3.63) is 54.1 Å². The Bertz CT molecular complexity index is 1150. The number of thioether (sulfide) groups is 1. The summed E-state index contributed by atoms with van der Waals surface area (Å²) >= 11 is 1.89. The number of anilines is 2. The van der Waals surface area contributed by atoms with Crippen molar-refractivity contribution < 1.29 is 4.79 Å². The Labute approximate surface area is 178 Å². The van der Waals surface area contributed by atoms with Crippen LogP contribution in [0.2, 0.25) is 0 Å². The number of benzene rings is 2. The molecule has 0 radical (unpaired) electrons. The van der Waals surface area contributed by atoms with Gasteiger partial charge in [0.1, 0.15) is 0 Å². The summed E-state index contributed by atoms with van der Waals surface area (Å²) in [5.74, 6) is 2.65. The normalized spacial score (nSPS) is 13.7. The van der Waals surface area contributed by atoms with Gasteiger partial charge in [-0.1, -0.05) is 26.0 Å². The van der Waals surface area contributed by atoms with Crippen molar-refractivity contribution in [1.82, 2.24) is 29.9 Å². The Kier molecular flexibility index (Phi) is 6.08. The van der Waals surface area contributed by atoms with E-state index in [1.54, 1.807) is 4.52 Å². The highest BCUT2D eigenvalue weighted by atomic mass is 32.2. The van der Waals surface area contributed by atoms with Gasteiger partial charge < -0.3 is 10.2 Å². The number of para-hydroxylation sites is 2. The molecule has 1 aliphatic heterocycles. The van der Waals surface area contributed by atoms with Crippen LogP contribution in [0.15, 0.2) is 48.5 Å². The molecule has 0 saturated carbocycles. The molecule has 5 rings (SSSR count). The van der Waals surface area contributed by atoms with Crippen molar-refractivity contribution >= 4 is 45.9 Å². The monoisotopic (exact) mass is 421 g/mol. The van der Waals surface area contributed by atoms with Crippen LogP contribution in [0.5, 0.6) is 0 Å². The second-order valence-corrected chi connectivity index (χ2v) is 7.70. The van der Waals surface area contributed by atoms with Crippen LogP contribution in [0.4, 0.5) is 11.5 Å². The first kappa shape index (κ1) is 20.1. The van der Waals surface area contributed by atoms with Gasteiger partial charge in [0.2, 0.25) is 5.65 Å². The lowest BCUT2D eigenvalue weighted by Gasteiger charge is -2.26. The highest BCUT2D eigenvalue weighted by molar-refractivity contribution is 7.99. The third-order valence-corrected chi connectivity index (χ3v) is 5.66. The van der Waals surface area contributed by atoms with Crippen molar-refractivity contribution in [3.63, 3.8) is 0 Å². The van der Waals surface area contributed by atoms with E-state index in [-0.39, 0.29) is 5.91 Å². The number of aromatic nitrogens is 5. The summed E-state index contributed by atoms with van der Waals surface area (Å²) in [7, 11) is 0. The molecule has 0 bridgehead atoms. The van der Waals surface area contributed by atoms with Crippen LogP contribution in [0.25, 0.3) is 16.7 Å². The summed E-state index contributed by atoms with van der Waals surface area (Å²) in [4.78, 5) is 19.2. The van der Waals surface area contributed by atoms with E-state index < -0.39 is 0 Å². The minimum atomic E-state index is 0.0831. The number of nitrogens with one attached hydrogen (secondary N) is 1. The van der Waals surface area contributed by atoms with Crippen molar-refractivity contribution in [3.8, 4) is 0 Å².